The van der Waals surface area contributed by atoms with Crippen molar-refractivity contribution in [3.8, 4) is 0 Å². The second-order valence-corrected chi connectivity index (χ2v) is 6.76. The molecule has 2 aliphatic heterocycles. The Labute approximate surface area is 109 Å². The number of rotatable bonds is 1. The largest absolute Gasteiger partial charge is 0.362 e. The summed E-state index contributed by atoms with van der Waals surface area (Å²) in [7, 11) is 2.21. The molecule has 2 saturated heterocycles. The first kappa shape index (κ1) is 13.2. The van der Waals surface area contributed by atoms with Crippen LogP contribution in [0.1, 0.15) is 27.2 Å². The molecule has 98 valence electrons. The van der Waals surface area contributed by atoms with Crippen LogP contribution in [-0.2, 0) is 0 Å². The fourth-order valence-electron chi connectivity index (χ4n) is 2.49. The van der Waals surface area contributed by atoms with Gasteiger partial charge in [-0.2, -0.15) is 0 Å². The van der Waals surface area contributed by atoms with E-state index in [0.29, 0.717) is 18.0 Å². The van der Waals surface area contributed by atoms with E-state index in [9.17, 15) is 0 Å². The van der Waals surface area contributed by atoms with Crippen molar-refractivity contribution in [3.63, 3.8) is 0 Å². The zero-order valence-electron chi connectivity index (χ0n) is 11.4. The van der Waals surface area contributed by atoms with Crippen molar-refractivity contribution in [2.75, 3.05) is 25.9 Å². The van der Waals surface area contributed by atoms with Crippen molar-refractivity contribution >= 4 is 16.9 Å². The summed E-state index contributed by atoms with van der Waals surface area (Å²) in [6.45, 7) is 9.25. The molecule has 2 rings (SSSR count). The molecule has 0 aromatic heterocycles. The van der Waals surface area contributed by atoms with Gasteiger partial charge >= 0.3 is 0 Å². The second-order valence-electron chi connectivity index (χ2n) is 5.75. The van der Waals surface area contributed by atoms with Crippen LogP contribution in [0, 0.1) is 11.8 Å². The normalized spacial score (nSPS) is 42.5. The standard InChI is InChI=1S/C13H25N3S/c1-9-7-16(4)6-5-12(9)15-13-14-11(3)10(2)8-17-13/h9-12H,5-8H2,1-4H3,(H,14,15). The van der Waals surface area contributed by atoms with Crippen LogP contribution in [0.5, 0.6) is 0 Å². The lowest BCUT2D eigenvalue weighted by Crippen LogP contribution is -2.44. The molecule has 4 heteroatoms. The van der Waals surface area contributed by atoms with E-state index in [0.717, 1.165) is 5.92 Å². The number of nitrogens with one attached hydrogen (secondary N) is 1. The quantitative estimate of drug-likeness (QED) is 0.777. The van der Waals surface area contributed by atoms with Crippen molar-refractivity contribution < 1.29 is 0 Å². The smallest absolute Gasteiger partial charge is 0.157 e. The average molecular weight is 255 g/mol. The molecule has 2 fully saturated rings. The fourth-order valence-corrected chi connectivity index (χ4v) is 3.68. The maximum Gasteiger partial charge on any atom is 0.157 e. The van der Waals surface area contributed by atoms with Crippen molar-refractivity contribution in [2.24, 2.45) is 16.8 Å². The van der Waals surface area contributed by atoms with Crippen LogP contribution in [0.15, 0.2) is 4.99 Å². The van der Waals surface area contributed by atoms with Gasteiger partial charge < -0.3 is 10.2 Å². The van der Waals surface area contributed by atoms with Gasteiger partial charge in [-0.1, -0.05) is 25.6 Å². The van der Waals surface area contributed by atoms with Crippen molar-refractivity contribution in [3.05, 3.63) is 0 Å². The molecule has 4 unspecified atom stereocenters. The van der Waals surface area contributed by atoms with E-state index in [1.54, 1.807) is 0 Å². The highest BCUT2D eigenvalue weighted by Crippen LogP contribution is 2.23. The molecular formula is C13H25N3S. The number of nitrogens with zero attached hydrogens (tertiary/aromatic N) is 2. The van der Waals surface area contributed by atoms with Crippen molar-refractivity contribution in [2.45, 2.75) is 39.3 Å². The highest BCUT2D eigenvalue weighted by Gasteiger charge is 2.26. The van der Waals surface area contributed by atoms with E-state index in [4.69, 9.17) is 4.99 Å². The summed E-state index contributed by atoms with van der Waals surface area (Å²) >= 11 is 1.90. The van der Waals surface area contributed by atoms with Gasteiger partial charge in [-0.3, -0.25) is 4.99 Å². The Bertz CT molecular complexity index is 292. The molecule has 4 atom stereocenters. The Morgan fingerprint density at radius 1 is 1.29 bits per heavy atom. The minimum absolute atomic E-state index is 0.516. The first-order chi connectivity index (χ1) is 8.06. The van der Waals surface area contributed by atoms with Crippen LogP contribution in [0.3, 0.4) is 0 Å². The summed E-state index contributed by atoms with van der Waals surface area (Å²) in [4.78, 5) is 7.35. The number of aliphatic imine (C=N–C) groups is 1. The van der Waals surface area contributed by atoms with Gasteiger partial charge in [0, 0.05) is 18.3 Å². The Hall–Kier alpha value is -0.220. The van der Waals surface area contributed by atoms with Gasteiger partial charge in [-0.25, -0.2) is 0 Å². The van der Waals surface area contributed by atoms with Crippen LogP contribution in [0.25, 0.3) is 0 Å². The number of likely N-dealkylation sites (tertiary alicyclic amines) is 1. The van der Waals surface area contributed by atoms with Gasteiger partial charge in [-0.15, -0.1) is 0 Å². The first-order valence-corrected chi connectivity index (χ1v) is 7.70. The van der Waals surface area contributed by atoms with Crippen LogP contribution in [-0.4, -0.2) is 48.0 Å². The zero-order valence-corrected chi connectivity index (χ0v) is 12.3. The van der Waals surface area contributed by atoms with Crippen molar-refractivity contribution in [1.82, 2.24) is 10.2 Å². The summed E-state index contributed by atoms with van der Waals surface area (Å²) in [5, 5.41) is 4.72. The highest BCUT2D eigenvalue weighted by molar-refractivity contribution is 8.13. The molecule has 2 aliphatic rings. The highest BCUT2D eigenvalue weighted by atomic mass is 32.2. The van der Waals surface area contributed by atoms with Gasteiger partial charge in [0.1, 0.15) is 0 Å². The molecule has 0 aromatic rings. The number of thioether (sulfide) groups is 1. The summed E-state index contributed by atoms with van der Waals surface area (Å²) in [6, 6.07) is 1.08. The Morgan fingerprint density at radius 3 is 2.71 bits per heavy atom. The van der Waals surface area contributed by atoms with Gasteiger partial charge in [0.05, 0.1) is 6.04 Å². The Morgan fingerprint density at radius 2 is 2.06 bits per heavy atom. The number of piperidine rings is 1. The molecule has 0 radical (unpaired) electrons. The van der Waals surface area contributed by atoms with E-state index in [1.165, 1.54) is 30.4 Å². The van der Waals surface area contributed by atoms with Gasteiger partial charge in [-0.05, 0) is 38.8 Å². The number of amidine groups is 1. The van der Waals surface area contributed by atoms with Crippen LogP contribution in [0.2, 0.25) is 0 Å². The topological polar surface area (TPSA) is 27.6 Å². The maximum absolute atomic E-state index is 4.94. The molecule has 0 aliphatic carbocycles. The molecule has 0 amide bonds. The lowest BCUT2D eigenvalue weighted by molar-refractivity contribution is 0.198. The Balaban J connectivity index is 1.95. The number of hydrogen-bond acceptors (Lipinski definition) is 3. The summed E-state index contributed by atoms with van der Waals surface area (Å²) < 4.78 is 0. The van der Waals surface area contributed by atoms with Crippen LogP contribution >= 0.6 is 11.8 Å². The van der Waals surface area contributed by atoms with E-state index in [-0.39, 0.29) is 0 Å². The predicted octanol–water partition coefficient (Wildman–Crippen LogP) is 2.04. The third-order valence-electron chi connectivity index (χ3n) is 4.03. The fraction of sp³-hybridized carbons (Fsp3) is 0.923. The molecule has 0 saturated carbocycles. The second kappa shape index (κ2) is 5.61. The monoisotopic (exact) mass is 255 g/mol. The molecule has 2 heterocycles. The average Bonchev–Trinajstić information content (AvgIpc) is 2.27. The number of hydrogen-bond donors (Lipinski definition) is 1. The van der Waals surface area contributed by atoms with E-state index in [2.05, 4.69) is 38.0 Å². The maximum atomic E-state index is 4.94. The lowest BCUT2D eigenvalue weighted by Gasteiger charge is -2.34. The minimum atomic E-state index is 0.516. The third-order valence-corrected chi connectivity index (χ3v) is 5.22. The SMILES string of the molecule is CC1CN(C)CCC1N=C1NC(C)C(C)CS1. The molecule has 0 bridgehead atoms. The Kier molecular flexibility index (Phi) is 4.36. The molecule has 1 N–H and O–H groups in total. The van der Waals surface area contributed by atoms with Crippen LogP contribution in [0.4, 0.5) is 0 Å². The molecule has 0 aromatic carbocycles. The minimum Gasteiger partial charge on any atom is -0.362 e. The molecule has 17 heavy (non-hydrogen) atoms. The third kappa shape index (κ3) is 3.38. The van der Waals surface area contributed by atoms with E-state index < -0.39 is 0 Å². The van der Waals surface area contributed by atoms with Crippen LogP contribution < -0.4 is 5.32 Å². The summed E-state index contributed by atoms with van der Waals surface area (Å²) in [5.74, 6) is 2.63. The first-order valence-electron chi connectivity index (χ1n) is 6.72. The predicted molar refractivity (Wildman–Crippen MR) is 76.7 cm³/mol. The molecule has 3 nitrogen and oxygen atoms in total. The van der Waals surface area contributed by atoms with Gasteiger partial charge in [0.15, 0.2) is 5.17 Å². The zero-order chi connectivity index (χ0) is 12.4. The lowest BCUT2D eigenvalue weighted by atomic mass is 9.95. The van der Waals surface area contributed by atoms with E-state index in [1.807, 2.05) is 11.8 Å². The van der Waals surface area contributed by atoms with E-state index >= 15 is 0 Å². The van der Waals surface area contributed by atoms with Gasteiger partial charge in [0.2, 0.25) is 0 Å². The summed E-state index contributed by atoms with van der Waals surface area (Å²) in [5.41, 5.74) is 0. The molecular weight excluding hydrogens is 230 g/mol. The summed E-state index contributed by atoms with van der Waals surface area (Å²) in [6.07, 6.45) is 1.20. The van der Waals surface area contributed by atoms with Gasteiger partial charge in [0.25, 0.3) is 0 Å². The molecule has 0 spiro atoms. The van der Waals surface area contributed by atoms with Crippen molar-refractivity contribution in [1.29, 1.82) is 0 Å².